The van der Waals surface area contributed by atoms with Crippen LogP contribution in [-0.2, 0) is 11.2 Å². The zero-order valence-electron chi connectivity index (χ0n) is 13.5. The molecule has 0 aliphatic rings. The summed E-state index contributed by atoms with van der Waals surface area (Å²) < 4.78 is 11.0. The van der Waals surface area contributed by atoms with Gasteiger partial charge < -0.3 is 19.9 Å². The number of ether oxygens (including phenoxy) is 2. The first-order valence-electron chi connectivity index (χ1n) is 7.96. The number of hydrogen-bond donors (Lipinski definition) is 2. The molecule has 3 N–H and O–H groups in total. The molecule has 4 nitrogen and oxygen atoms in total. The summed E-state index contributed by atoms with van der Waals surface area (Å²) in [5, 5.41) is 11.9. The van der Waals surface area contributed by atoms with Crippen molar-refractivity contribution in [3.8, 4) is 5.75 Å². The fourth-order valence-electron chi connectivity index (χ4n) is 1.88. The Balaban J connectivity index is 2.05. The number of aryl methyl sites for hydroxylation is 1. The first kappa shape index (κ1) is 18.0. The van der Waals surface area contributed by atoms with Gasteiger partial charge >= 0.3 is 0 Å². The average molecular weight is 296 g/mol. The van der Waals surface area contributed by atoms with E-state index in [4.69, 9.17) is 9.47 Å². The van der Waals surface area contributed by atoms with E-state index in [-0.39, 0.29) is 0 Å². The Morgan fingerprint density at radius 3 is 2.48 bits per heavy atom. The van der Waals surface area contributed by atoms with E-state index in [0.29, 0.717) is 32.4 Å². The van der Waals surface area contributed by atoms with Crippen molar-refractivity contribution in [3.63, 3.8) is 0 Å². The molecule has 0 aliphatic carbocycles. The standard InChI is InChI=1S/C17H29NO3/c1-4-14(3)18-12-16(19)13-20-10-11-21-17-8-6-15(5-2)7-9-17/h6-9,14,16,18-19H,4-5,10-13H2,1-3H3/p+1/t14-,16+/m0/s1. The summed E-state index contributed by atoms with van der Waals surface area (Å²) in [4.78, 5) is 0. The van der Waals surface area contributed by atoms with Crippen molar-refractivity contribution in [2.45, 2.75) is 45.8 Å². The molecule has 0 fully saturated rings. The summed E-state index contributed by atoms with van der Waals surface area (Å²) in [5.41, 5.74) is 1.30. The summed E-state index contributed by atoms with van der Waals surface area (Å²) in [7, 11) is 0. The highest BCUT2D eigenvalue weighted by Crippen LogP contribution is 2.12. The van der Waals surface area contributed by atoms with Gasteiger partial charge in [0.15, 0.2) is 0 Å². The number of hydrogen-bond acceptors (Lipinski definition) is 3. The van der Waals surface area contributed by atoms with Gasteiger partial charge in [-0.1, -0.05) is 26.0 Å². The van der Waals surface area contributed by atoms with Crippen molar-refractivity contribution >= 4 is 0 Å². The van der Waals surface area contributed by atoms with Crippen LogP contribution in [0.25, 0.3) is 0 Å². The highest BCUT2D eigenvalue weighted by Gasteiger charge is 2.09. The van der Waals surface area contributed by atoms with Crippen molar-refractivity contribution in [1.82, 2.24) is 0 Å². The zero-order chi connectivity index (χ0) is 15.5. The molecule has 0 aromatic heterocycles. The minimum atomic E-state index is -0.414. The second-order valence-electron chi connectivity index (χ2n) is 5.43. The second-order valence-corrected chi connectivity index (χ2v) is 5.43. The molecule has 0 radical (unpaired) electrons. The molecule has 0 saturated carbocycles. The zero-order valence-corrected chi connectivity index (χ0v) is 13.5. The van der Waals surface area contributed by atoms with E-state index >= 15 is 0 Å². The van der Waals surface area contributed by atoms with Crippen molar-refractivity contribution in [2.24, 2.45) is 0 Å². The fraction of sp³-hybridized carbons (Fsp3) is 0.647. The molecule has 120 valence electrons. The van der Waals surface area contributed by atoms with Crippen LogP contribution in [0, 0.1) is 0 Å². The van der Waals surface area contributed by atoms with Crippen LogP contribution in [0.4, 0.5) is 0 Å². The molecule has 0 aliphatic heterocycles. The molecule has 21 heavy (non-hydrogen) atoms. The molecule has 1 aromatic carbocycles. The van der Waals surface area contributed by atoms with E-state index in [0.717, 1.165) is 18.6 Å². The van der Waals surface area contributed by atoms with Crippen molar-refractivity contribution in [2.75, 3.05) is 26.4 Å². The van der Waals surface area contributed by atoms with Gasteiger partial charge in [-0.3, -0.25) is 0 Å². The molecular formula is C17H30NO3+. The van der Waals surface area contributed by atoms with E-state index < -0.39 is 6.10 Å². The largest absolute Gasteiger partial charge is 0.491 e. The molecule has 4 heteroatoms. The number of benzene rings is 1. The third kappa shape index (κ3) is 8.05. The summed E-state index contributed by atoms with van der Waals surface area (Å²) in [6, 6.07) is 8.66. The van der Waals surface area contributed by atoms with Crippen LogP contribution < -0.4 is 10.1 Å². The van der Waals surface area contributed by atoms with Gasteiger partial charge in [0, 0.05) is 0 Å². The van der Waals surface area contributed by atoms with E-state index in [1.807, 2.05) is 12.1 Å². The summed E-state index contributed by atoms with van der Waals surface area (Å²) in [5.74, 6) is 0.862. The van der Waals surface area contributed by atoms with E-state index in [1.54, 1.807) is 0 Å². The molecule has 2 atom stereocenters. The summed E-state index contributed by atoms with van der Waals surface area (Å²) >= 11 is 0. The lowest BCUT2D eigenvalue weighted by atomic mass is 10.2. The molecule has 0 heterocycles. The fourth-order valence-corrected chi connectivity index (χ4v) is 1.88. The Hall–Kier alpha value is -1.10. The number of nitrogens with two attached hydrogens (primary N) is 1. The Labute approximate surface area is 128 Å². The Bertz CT molecular complexity index is 367. The predicted molar refractivity (Wildman–Crippen MR) is 84.7 cm³/mol. The van der Waals surface area contributed by atoms with Gasteiger partial charge in [0.05, 0.1) is 19.3 Å². The van der Waals surface area contributed by atoms with Crippen LogP contribution in [0.3, 0.4) is 0 Å². The second kappa shape index (κ2) is 10.6. The Kier molecular flexibility index (Phi) is 9.06. The summed E-state index contributed by atoms with van der Waals surface area (Å²) in [6.45, 7) is 8.50. The van der Waals surface area contributed by atoms with Crippen molar-refractivity contribution in [1.29, 1.82) is 0 Å². The minimum Gasteiger partial charge on any atom is -0.491 e. The topological polar surface area (TPSA) is 55.3 Å². The normalized spacial score (nSPS) is 13.9. The highest BCUT2D eigenvalue weighted by molar-refractivity contribution is 5.27. The lowest BCUT2D eigenvalue weighted by molar-refractivity contribution is -0.692. The van der Waals surface area contributed by atoms with Crippen LogP contribution in [0.2, 0.25) is 0 Å². The van der Waals surface area contributed by atoms with Gasteiger partial charge in [-0.25, -0.2) is 0 Å². The van der Waals surface area contributed by atoms with Gasteiger partial charge in [0.2, 0.25) is 0 Å². The highest BCUT2D eigenvalue weighted by atomic mass is 16.5. The summed E-state index contributed by atoms with van der Waals surface area (Å²) in [6.07, 6.45) is 1.73. The Morgan fingerprint density at radius 2 is 1.86 bits per heavy atom. The number of quaternary nitrogens is 1. The molecular weight excluding hydrogens is 266 g/mol. The van der Waals surface area contributed by atoms with Gasteiger partial charge in [0.1, 0.15) is 25.0 Å². The first-order chi connectivity index (χ1) is 10.2. The molecule has 1 aromatic rings. The number of rotatable bonds is 11. The Morgan fingerprint density at radius 1 is 1.14 bits per heavy atom. The molecule has 0 bridgehead atoms. The maximum Gasteiger partial charge on any atom is 0.126 e. The third-order valence-corrected chi connectivity index (χ3v) is 3.59. The van der Waals surface area contributed by atoms with Crippen LogP contribution in [0.5, 0.6) is 5.75 Å². The lowest BCUT2D eigenvalue weighted by Gasteiger charge is -2.13. The van der Waals surface area contributed by atoms with Crippen molar-refractivity contribution < 1.29 is 19.9 Å². The van der Waals surface area contributed by atoms with E-state index in [2.05, 4.69) is 38.2 Å². The quantitative estimate of drug-likeness (QED) is 0.606. The van der Waals surface area contributed by atoms with Gasteiger partial charge in [0.25, 0.3) is 0 Å². The molecule has 0 spiro atoms. The lowest BCUT2D eigenvalue weighted by Crippen LogP contribution is -2.91. The monoisotopic (exact) mass is 296 g/mol. The molecule has 0 amide bonds. The van der Waals surface area contributed by atoms with Crippen molar-refractivity contribution in [3.05, 3.63) is 29.8 Å². The first-order valence-corrected chi connectivity index (χ1v) is 7.96. The van der Waals surface area contributed by atoms with Crippen LogP contribution in [-0.4, -0.2) is 43.6 Å². The van der Waals surface area contributed by atoms with E-state index in [9.17, 15) is 5.11 Å². The van der Waals surface area contributed by atoms with Crippen LogP contribution in [0.1, 0.15) is 32.8 Å². The maximum absolute atomic E-state index is 9.77. The molecule has 1 rings (SSSR count). The molecule has 0 saturated heterocycles. The van der Waals surface area contributed by atoms with Gasteiger partial charge in [-0.05, 0) is 37.5 Å². The SMILES string of the molecule is CCc1ccc(OCCOC[C@H](O)C[NH2+][C@@H](C)CC)cc1. The number of aliphatic hydroxyl groups is 1. The predicted octanol–water partition coefficient (Wildman–Crippen LogP) is 1.37. The van der Waals surface area contributed by atoms with Crippen LogP contribution >= 0.6 is 0 Å². The maximum atomic E-state index is 9.77. The van der Waals surface area contributed by atoms with Gasteiger partial charge in [-0.2, -0.15) is 0 Å². The van der Waals surface area contributed by atoms with Crippen LogP contribution in [0.15, 0.2) is 24.3 Å². The van der Waals surface area contributed by atoms with E-state index in [1.165, 1.54) is 5.56 Å². The minimum absolute atomic E-state index is 0.366. The van der Waals surface area contributed by atoms with Gasteiger partial charge in [-0.15, -0.1) is 0 Å². The molecule has 0 unspecified atom stereocenters. The smallest absolute Gasteiger partial charge is 0.126 e. The third-order valence-electron chi connectivity index (χ3n) is 3.59. The number of aliphatic hydroxyl groups excluding tert-OH is 1. The average Bonchev–Trinajstić information content (AvgIpc) is 2.52.